The Bertz CT molecular complexity index is 857. The maximum Gasteiger partial charge on any atom is 0.252 e. The van der Waals surface area contributed by atoms with E-state index in [0.29, 0.717) is 17.7 Å². The van der Waals surface area contributed by atoms with Gasteiger partial charge in [-0.05, 0) is 24.5 Å². The molecule has 2 rings (SSSR count). The van der Waals surface area contributed by atoms with Gasteiger partial charge in [0.05, 0.1) is 6.54 Å². The van der Waals surface area contributed by atoms with Gasteiger partial charge in [-0.2, -0.15) is 11.8 Å². The second-order valence-corrected chi connectivity index (χ2v) is 7.92. The van der Waals surface area contributed by atoms with E-state index in [2.05, 4.69) is 20.9 Å². The first-order valence-corrected chi connectivity index (χ1v) is 10.8. The van der Waals surface area contributed by atoms with E-state index in [-0.39, 0.29) is 31.2 Å². The summed E-state index contributed by atoms with van der Waals surface area (Å²) >= 11 is 1.36. The zero-order valence-corrected chi connectivity index (χ0v) is 17.7. The summed E-state index contributed by atoms with van der Waals surface area (Å²) in [4.78, 5) is 53.2. The highest BCUT2D eigenvalue weighted by atomic mass is 32.2. The zero-order chi connectivity index (χ0) is 22.8. The van der Waals surface area contributed by atoms with Crippen LogP contribution in [-0.4, -0.2) is 60.5 Å². The Balaban J connectivity index is 2.24. The molecule has 1 aromatic carbocycles. The summed E-state index contributed by atoms with van der Waals surface area (Å²) < 4.78 is 0. The highest BCUT2D eigenvalue weighted by molar-refractivity contribution is 7.98. The van der Waals surface area contributed by atoms with Crippen LogP contribution in [-0.2, 0) is 20.1 Å². The Labute approximate surface area is 184 Å². The molecule has 2 atom stereocenters. The average Bonchev–Trinajstić information content (AvgIpc) is 2.72. The SMILES string of the molecule is NC(=O)C1CSCc2ccccc2C(=O)N[C@@H](CCCN=C(N)N)C(=O)NCC(=O)N1. The summed E-state index contributed by atoms with van der Waals surface area (Å²) in [7, 11) is 0. The maximum atomic E-state index is 12.9. The minimum atomic E-state index is -0.898. The van der Waals surface area contributed by atoms with Gasteiger partial charge >= 0.3 is 0 Å². The van der Waals surface area contributed by atoms with Gasteiger partial charge < -0.3 is 33.2 Å². The van der Waals surface area contributed by atoms with Crippen molar-refractivity contribution in [2.45, 2.75) is 30.7 Å². The van der Waals surface area contributed by atoms with Crippen LogP contribution in [0.2, 0.25) is 0 Å². The first-order valence-electron chi connectivity index (χ1n) is 9.66. The molecule has 4 amide bonds. The number of amides is 4. The Kier molecular flexibility index (Phi) is 9.13. The molecule has 168 valence electrons. The van der Waals surface area contributed by atoms with Gasteiger partial charge in [0.25, 0.3) is 5.91 Å². The van der Waals surface area contributed by atoms with Crippen LogP contribution < -0.4 is 33.2 Å². The predicted octanol–water partition coefficient (Wildman–Crippen LogP) is -1.83. The smallest absolute Gasteiger partial charge is 0.252 e. The van der Waals surface area contributed by atoms with Crippen molar-refractivity contribution in [2.24, 2.45) is 22.2 Å². The molecule has 1 aliphatic rings. The molecule has 0 saturated heterocycles. The molecule has 11 nitrogen and oxygen atoms in total. The van der Waals surface area contributed by atoms with Crippen LogP contribution in [0.25, 0.3) is 0 Å². The summed E-state index contributed by atoms with van der Waals surface area (Å²) in [6.45, 7) is -0.0693. The van der Waals surface area contributed by atoms with E-state index in [1.165, 1.54) is 11.8 Å². The molecular formula is C19H27N7O4S. The van der Waals surface area contributed by atoms with Crippen molar-refractivity contribution in [2.75, 3.05) is 18.8 Å². The molecule has 0 saturated carbocycles. The molecule has 0 fully saturated rings. The third-order valence-electron chi connectivity index (χ3n) is 4.47. The zero-order valence-electron chi connectivity index (χ0n) is 16.9. The number of hydrogen-bond acceptors (Lipinski definition) is 6. The van der Waals surface area contributed by atoms with Crippen molar-refractivity contribution < 1.29 is 19.2 Å². The number of nitrogens with one attached hydrogen (secondary N) is 3. The standard InChI is InChI=1S/C19H27N7O4S/c20-16(28)14-10-31-9-11-4-1-2-5-12(11)17(29)26-13(6-3-7-23-19(21)22)18(30)24-8-15(27)25-14/h1-2,4-5,13-14H,3,6-10H2,(H2,20,28)(H,24,30)(H,25,27)(H,26,29)(H4,21,22,23)/t13-,14?/m0/s1. The number of benzene rings is 1. The van der Waals surface area contributed by atoms with E-state index in [0.717, 1.165) is 5.56 Å². The van der Waals surface area contributed by atoms with Gasteiger partial charge in [-0.1, -0.05) is 18.2 Å². The molecule has 1 heterocycles. The number of aliphatic imine (C=N–C) groups is 1. The van der Waals surface area contributed by atoms with Crippen LogP contribution in [0.5, 0.6) is 0 Å². The van der Waals surface area contributed by atoms with Crippen molar-refractivity contribution in [3.05, 3.63) is 35.4 Å². The summed E-state index contributed by atoms with van der Waals surface area (Å²) in [5.41, 5.74) is 17.1. The third kappa shape index (κ3) is 7.81. The van der Waals surface area contributed by atoms with Crippen LogP contribution in [0.3, 0.4) is 0 Å². The number of nitrogens with zero attached hydrogens (tertiary/aromatic N) is 1. The lowest BCUT2D eigenvalue weighted by atomic mass is 10.1. The molecule has 0 aliphatic carbocycles. The van der Waals surface area contributed by atoms with Crippen LogP contribution in [0.1, 0.15) is 28.8 Å². The van der Waals surface area contributed by atoms with Crippen LogP contribution in [0, 0.1) is 0 Å². The number of nitrogens with two attached hydrogens (primary N) is 3. The van der Waals surface area contributed by atoms with Crippen molar-refractivity contribution in [3.63, 3.8) is 0 Å². The van der Waals surface area contributed by atoms with Crippen LogP contribution >= 0.6 is 11.8 Å². The average molecular weight is 450 g/mol. The molecule has 1 aliphatic heterocycles. The van der Waals surface area contributed by atoms with Crippen molar-refractivity contribution in [1.82, 2.24) is 16.0 Å². The lowest BCUT2D eigenvalue weighted by Gasteiger charge is -2.21. The fraction of sp³-hybridized carbons (Fsp3) is 0.421. The Morgan fingerprint density at radius 1 is 1.13 bits per heavy atom. The second kappa shape index (κ2) is 11.8. The molecule has 0 bridgehead atoms. The minimum Gasteiger partial charge on any atom is -0.370 e. The Morgan fingerprint density at radius 2 is 1.87 bits per heavy atom. The van der Waals surface area contributed by atoms with Crippen LogP contribution in [0.15, 0.2) is 29.3 Å². The largest absolute Gasteiger partial charge is 0.370 e. The highest BCUT2D eigenvalue weighted by Crippen LogP contribution is 2.18. The summed E-state index contributed by atoms with van der Waals surface area (Å²) in [6.07, 6.45) is 0.695. The number of guanidine groups is 1. The summed E-state index contributed by atoms with van der Waals surface area (Å²) in [6, 6.07) is 5.19. The number of carbonyl (C=O) groups excluding carboxylic acids is 4. The lowest BCUT2D eigenvalue weighted by Crippen LogP contribution is -2.52. The summed E-state index contributed by atoms with van der Waals surface area (Å²) in [5.74, 6) is -1.59. The minimum absolute atomic E-state index is 0.0633. The fourth-order valence-electron chi connectivity index (χ4n) is 2.89. The van der Waals surface area contributed by atoms with Crippen LogP contribution in [0.4, 0.5) is 0 Å². The van der Waals surface area contributed by atoms with Crippen molar-refractivity contribution in [1.29, 1.82) is 0 Å². The normalized spacial score (nSPS) is 20.3. The van der Waals surface area contributed by atoms with Gasteiger partial charge in [-0.15, -0.1) is 0 Å². The summed E-state index contributed by atoms with van der Waals surface area (Å²) in [5, 5.41) is 7.73. The molecule has 12 heteroatoms. The quantitative estimate of drug-likeness (QED) is 0.173. The van der Waals surface area contributed by atoms with E-state index in [4.69, 9.17) is 17.2 Å². The topological polar surface area (TPSA) is 195 Å². The maximum absolute atomic E-state index is 12.9. The fourth-order valence-corrected chi connectivity index (χ4v) is 3.97. The molecule has 9 N–H and O–H groups in total. The first kappa shape index (κ1) is 24.0. The molecule has 0 aromatic heterocycles. The Hall–Kier alpha value is -3.28. The van der Waals surface area contributed by atoms with Gasteiger partial charge in [0, 0.05) is 23.6 Å². The number of carbonyl (C=O) groups is 4. The highest BCUT2D eigenvalue weighted by Gasteiger charge is 2.25. The molecule has 31 heavy (non-hydrogen) atoms. The molecule has 0 spiro atoms. The molecule has 1 aromatic rings. The van der Waals surface area contributed by atoms with E-state index in [1.807, 2.05) is 0 Å². The van der Waals surface area contributed by atoms with Gasteiger partial charge in [0.1, 0.15) is 12.1 Å². The van der Waals surface area contributed by atoms with Crippen molar-refractivity contribution >= 4 is 41.4 Å². The van der Waals surface area contributed by atoms with Gasteiger partial charge in [-0.3, -0.25) is 24.2 Å². The Morgan fingerprint density at radius 3 is 2.58 bits per heavy atom. The van der Waals surface area contributed by atoms with E-state index < -0.39 is 35.7 Å². The lowest BCUT2D eigenvalue weighted by molar-refractivity contribution is -0.129. The van der Waals surface area contributed by atoms with E-state index in [1.54, 1.807) is 24.3 Å². The van der Waals surface area contributed by atoms with E-state index >= 15 is 0 Å². The second-order valence-electron chi connectivity index (χ2n) is 6.89. The number of primary amides is 1. The first-order chi connectivity index (χ1) is 14.8. The monoisotopic (exact) mass is 449 g/mol. The van der Waals surface area contributed by atoms with Gasteiger partial charge in [0.15, 0.2) is 5.96 Å². The van der Waals surface area contributed by atoms with Gasteiger partial charge in [-0.25, -0.2) is 0 Å². The number of hydrogen-bond donors (Lipinski definition) is 6. The molecular weight excluding hydrogens is 422 g/mol. The third-order valence-corrected chi connectivity index (χ3v) is 5.56. The van der Waals surface area contributed by atoms with E-state index in [9.17, 15) is 19.2 Å². The molecule has 0 radical (unpaired) electrons. The van der Waals surface area contributed by atoms with Crippen molar-refractivity contribution in [3.8, 4) is 0 Å². The number of rotatable bonds is 5. The number of fused-ring (bicyclic) bond motifs is 1. The van der Waals surface area contributed by atoms with Gasteiger partial charge in [0.2, 0.25) is 17.7 Å². The predicted molar refractivity (Wildman–Crippen MR) is 118 cm³/mol. The molecule has 1 unspecified atom stereocenters. The number of thioether (sulfide) groups is 1.